The lowest BCUT2D eigenvalue weighted by atomic mass is 10.1. The highest BCUT2D eigenvalue weighted by atomic mass is 16.5. The van der Waals surface area contributed by atoms with Crippen molar-refractivity contribution in [1.82, 2.24) is 4.98 Å². The molecule has 0 unspecified atom stereocenters. The van der Waals surface area contributed by atoms with E-state index >= 15 is 0 Å². The Kier molecular flexibility index (Phi) is 4.75. The summed E-state index contributed by atoms with van der Waals surface area (Å²) < 4.78 is 5.71. The molecule has 0 fully saturated rings. The molecular formula is C20H20N2O2. The number of rotatable bonds is 5. The number of fused-ring (bicyclic) bond motifs is 1. The Morgan fingerprint density at radius 3 is 2.71 bits per heavy atom. The minimum atomic E-state index is -0.163. The predicted molar refractivity (Wildman–Crippen MR) is 96.7 cm³/mol. The summed E-state index contributed by atoms with van der Waals surface area (Å²) in [4.78, 5) is 17.3. The molecule has 3 aromatic rings. The molecule has 122 valence electrons. The average Bonchev–Trinajstić information content (AvgIpc) is 2.60. The van der Waals surface area contributed by atoms with E-state index in [1.54, 1.807) is 0 Å². The number of pyridine rings is 1. The van der Waals surface area contributed by atoms with E-state index in [2.05, 4.69) is 10.3 Å². The van der Waals surface area contributed by atoms with Gasteiger partial charge in [-0.3, -0.25) is 9.78 Å². The first kappa shape index (κ1) is 16.0. The molecule has 0 saturated carbocycles. The fourth-order valence-corrected chi connectivity index (χ4v) is 2.59. The standard InChI is InChI=1S/C20H20N2O2/c1-3-12-24-19-11-7-6-10-18(19)22-20(23)16-13-14(2)21-17-9-5-4-8-15(16)17/h4-11,13H,3,12H2,1-2H3,(H,22,23). The Hall–Kier alpha value is -2.88. The van der Waals surface area contributed by atoms with Gasteiger partial charge in [-0.25, -0.2) is 0 Å². The topological polar surface area (TPSA) is 51.2 Å². The zero-order valence-corrected chi connectivity index (χ0v) is 13.9. The smallest absolute Gasteiger partial charge is 0.256 e. The molecule has 3 rings (SSSR count). The van der Waals surface area contributed by atoms with Crippen molar-refractivity contribution in [1.29, 1.82) is 0 Å². The van der Waals surface area contributed by atoms with Crippen LogP contribution in [0.2, 0.25) is 0 Å². The van der Waals surface area contributed by atoms with Gasteiger partial charge in [-0.05, 0) is 37.6 Å². The van der Waals surface area contributed by atoms with E-state index in [1.165, 1.54) is 0 Å². The second-order valence-corrected chi connectivity index (χ2v) is 5.63. The SMILES string of the molecule is CCCOc1ccccc1NC(=O)c1cc(C)nc2ccccc12. The Labute approximate surface area is 141 Å². The van der Waals surface area contributed by atoms with Crippen LogP contribution in [0.3, 0.4) is 0 Å². The minimum absolute atomic E-state index is 0.163. The molecule has 0 saturated heterocycles. The van der Waals surface area contributed by atoms with Gasteiger partial charge < -0.3 is 10.1 Å². The number of amides is 1. The quantitative estimate of drug-likeness (QED) is 0.748. The van der Waals surface area contributed by atoms with E-state index in [1.807, 2.05) is 68.4 Å². The zero-order chi connectivity index (χ0) is 16.9. The van der Waals surface area contributed by atoms with Crippen LogP contribution in [0, 0.1) is 6.92 Å². The van der Waals surface area contributed by atoms with Gasteiger partial charge in [0.1, 0.15) is 5.75 Å². The van der Waals surface area contributed by atoms with Gasteiger partial charge in [0.25, 0.3) is 5.91 Å². The molecule has 0 radical (unpaired) electrons. The van der Waals surface area contributed by atoms with Crippen LogP contribution in [0.1, 0.15) is 29.4 Å². The van der Waals surface area contributed by atoms with Crippen molar-refractivity contribution in [2.24, 2.45) is 0 Å². The van der Waals surface area contributed by atoms with Crippen LogP contribution in [-0.2, 0) is 0 Å². The van der Waals surface area contributed by atoms with Gasteiger partial charge in [-0.15, -0.1) is 0 Å². The van der Waals surface area contributed by atoms with Gasteiger partial charge >= 0.3 is 0 Å². The van der Waals surface area contributed by atoms with E-state index < -0.39 is 0 Å². The molecule has 2 aromatic carbocycles. The molecule has 0 atom stereocenters. The molecule has 0 spiro atoms. The van der Waals surface area contributed by atoms with Crippen LogP contribution < -0.4 is 10.1 Å². The predicted octanol–water partition coefficient (Wildman–Crippen LogP) is 4.58. The highest BCUT2D eigenvalue weighted by molar-refractivity contribution is 6.12. The second-order valence-electron chi connectivity index (χ2n) is 5.63. The molecule has 24 heavy (non-hydrogen) atoms. The van der Waals surface area contributed by atoms with E-state index in [0.29, 0.717) is 23.6 Å². The summed E-state index contributed by atoms with van der Waals surface area (Å²) >= 11 is 0. The van der Waals surface area contributed by atoms with Crippen molar-refractivity contribution < 1.29 is 9.53 Å². The number of hydrogen-bond acceptors (Lipinski definition) is 3. The number of carbonyl (C=O) groups excluding carboxylic acids is 1. The first-order chi connectivity index (χ1) is 11.7. The van der Waals surface area contributed by atoms with E-state index in [0.717, 1.165) is 23.0 Å². The van der Waals surface area contributed by atoms with Crippen molar-refractivity contribution in [2.75, 3.05) is 11.9 Å². The summed E-state index contributed by atoms with van der Waals surface area (Å²) in [5.41, 5.74) is 2.92. The monoisotopic (exact) mass is 320 g/mol. The van der Waals surface area contributed by atoms with Crippen molar-refractivity contribution in [3.8, 4) is 5.75 Å². The molecule has 1 amide bonds. The number of benzene rings is 2. The van der Waals surface area contributed by atoms with Crippen molar-refractivity contribution >= 4 is 22.5 Å². The van der Waals surface area contributed by atoms with E-state index in [9.17, 15) is 4.79 Å². The molecule has 0 aliphatic carbocycles. The minimum Gasteiger partial charge on any atom is -0.491 e. The fourth-order valence-electron chi connectivity index (χ4n) is 2.59. The molecule has 0 bridgehead atoms. The Morgan fingerprint density at radius 1 is 1.12 bits per heavy atom. The van der Waals surface area contributed by atoms with Crippen LogP contribution in [0.5, 0.6) is 5.75 Å². The number of carbonyl (C=O) groups is 1. The lowest BCUT2D eigenvalue weighted by molar-refractivity contribution is 0.102. The van der Waals surface area contributed by atoms with Crippen LogP contribution >= 0.6 is 0 Å². The number of aryl methyl sites for hydroxylation is 1. The first-order valence-electron chi connectivity index (χ1n) is 8.08. The van der Waals surface area contributed by atoms with E-state index in [4.69, 9.17) is 4.74 Å². The number of hydrogen-bond donors (Lipinski definition) is 1. The average molecular weight is 320 g/mol. The van der Waals surface area contributed by atoms with E-state index in [-0.39, 0.29) is 5.91 Å². The molecule has 1 heterocycles. The van der Waals surface area contributed by atoms with Gasteiger partial charge in [0.15, 0.2) is 0 Å². The van der Waals surface area contributed by atoms with Gasteiger partial charge in [-0.2, -0.15) is 0 Å². The number of anilines is 1. The molecule has 1 N–H and O–H groups in total. The zero-order valence-electron chi connectivity index (χ0n) is 13.9. The maximum atomic E-state index is 12.8. The van der Waals surface area contributed by atoms with Crippen molar-refractivity contribution in [3.05, 3.63) is 65.9 Å². The summed E-state index contributed by atoms with van der Waals surface area (Å²) in [6.07, 6.45) is 0.913. The third kappa shape index (κ3) is 3.38. The van der Waals surface area contributed by atoms with Gasteiger partial charge in [-0.1, -0.05) is 37.3 Å². The molecular weight excluding hydrogens is 300 g/mol. The molecule has 4 nitrogen and oxygen atoms in total. The highest BCUT2D eigenvalue weighted by Gasteiger charge is 2.14. The molecule has 0 aliphatic heterocycles. The highest BCUT2D eigenvalue weighted by Crippen LogP contribution is 2.26. The summed E-state index contributed by atoms with van der Waals surface area (Å²) in [6, 6.07) is 17.0. The van der Waals surface area contributed by atoms with Crippen LogP contribution in [0.4, 0.5) is 5.69 Å². The number of nitrogens with one attached hydrogen (secondary N) is 1. The largest absolute Gasteiger partial charge is 0.491 e. The normalized spacial score (nSPS) is 10.6. The maximum Gasteiger partial charge on any atom is 0.256 e. The third-order valence-electron chi connectivity index (χ3n) is 3.69. The van der Waals surface area contributed by atoms with Crippen molar-refractivity contribution in [2.45, 2.75) is 20.3 Å². The fraction of sp³-hybridized carbons (Fsp3) is 0.200. The van der Waals surface area contributed by atoms with Crippen LogP contribution in [-0.4, -0.2) is 17.5 Å². The second kappa shape index (κ2) is 7.13. The van der Waals surface area contributed by atoms with Crippen LogP contribution in [0.25, 0.3) is 10.9 Å². The molecule has 4 heteroatoms. The van der Waals surface area contributed by atoms with Gasteiger partial charge in [0, 0.05) is 11.1 Å². The lowest BCUT2D eigenvalue weighted by Crippen LogP contribution is -2.14. The maximum absolute atomic E-state index is 12.8. The Morgan fingerprint density at radius 2 is 1.88 bits per heavy atom. The lowest BCUT2D eigenvalue weighted by Gasteiger charge is -2.13. The van der Waals surface area contributed by atoms with Crippen LogP contribution in [0.15, 0.2) is 54.6 Å². The van der Waals surface area contributed by atoms with Crippen molar-refractivity contribution in [3.63, 3.8) is 0 Å². The summed E-state index contributed by atoms with van der Waals surface area (Å²) in [7, 11) is 0. The summed E-state index contributed by atoms with van der Waals surface area (Å²) in [6.45, 7) is 4.55. The number of aromatic nitrogens is 1. The summed E-state index contributed by atoms with van der Waals surface area (Å²) in [5.74, 6) is 0.520. The van der Waals surface area contributed by atoms with Gasteiger partial charge in [0.05, 0.1) is 23.4 Å². The number of nitrogens with zero attached hydrogens (tertiary/aromatic N) is 1. The molecule has 1 aromatic heterocycles. The first-order valence-corrected chi connectivity index (χ1v) is 8.08. The number of para-hydroxylation sites is 3. The molecule has 0 aliphatic rings. The Balaban J connectivity index is 1.94. The summed E-state index contributed by atoms with van der Waals surface area (Å²) in [5, 5.41) is 3.80. The Bertz CT molecular complexity index is 874. The third-order valence-corrected chi connectivity index (χ3v) is 3.69. The van der Waals surface area contributed by atoms with Gasteiger partial charge in [0.2, 0.25) is 0 Å². The number of ether oxygens (including phenoxy) is 1.